The number of ether oxygens (including phenoxy) is 1. The zero-order valence-electron chi connectivity index (χ0n) is 13.6. The summed E-state index contributed by atoms with van der Waals surface area (Å²) in [5.41, 5.74) is 7.49. The largest absolute Gasteiger partial charge is 0.444 e. The van der Waals surface area contributed by atoms with E-state index in [0.717, 1.165) is 5.69 Å². The fourth-order valence-electron chi connectivity index (χ4n) is 2.03. The standard InChI is InChI=1S/C16H24N4O2/c1-11-5-7-12(8-6-11)18-14(17)19-13-9-20(10-13)15(21)22-16(2,3)4/h5-8,13H,9-10H2,1-4H3,(H3,17,18,19). The number of amides is 1. The molecule has 6 nitrogen and oxygen atoms in total. The Morgan fingerprint density at radius 3 is 2.45 bits per heavy atom. The minimum absolute atomic E-state index is 0.0190. The fraction of sp³-hybridized carbons (Fsp3) is 0.500. The van der Waals surface area contributed by atoms with Crippen LogP contribution in [-0.2, 0) is 4.74 Å². The van der Waals surface area contributed by atoms with Gasteiger partial charge in [-0.05, 0) is 39.8 Å². The molecule has 0 aromatic heterocycles. The highest BCUT2D eigenvalue weighted by molar-refractivity contribution is 5.92. The van der Waals surface area contributed by atoms with E-state index >= 15 is 0 Å². The second-order valence-corrected chi connectivity index (χ2v) is 6.54. The fourth-order valence-corrected chi connectivity index (χ4v) is 2.03. The number of nitrogens with two attached hydrogens (primary N) is 1. The summed E-state index contributed by atoms with van der Waals surface area (Å²) in [6.45, 7) is 8.65. The van der Waals surface area contributed by atoms with Crippen molar-refractivity contribution in [3.63, 3.8) is 0 Å². The van der Waals surface area contributed by atoms with Crippen molar-refractivity contribution in [2.75, 3.05) is 18.4 Å². The number of nitrogens with one attached hydrogen (secondary N) is 1. The number of hydrogen-bond donors (Lipinski definition) is 2. The van der Waals surface area contributed by atoms with Crippen molar-refractivity contribution in [3.8, 4) is 0 Å². The Kier molecular flexibility index (Phi) is 4.59. The average Bonchev–Trinajstić information content (AvgIpc) is 2.34. The molecular weight excluding hydrogens is 280 g/mol. The van der Waals surface area contributed by atoms with Crippen LogP contribution in [0.3, 0.4) is 0 Å². The molecule has 22 heavy (non-hydrogen) atoms. The van der Waals surface area contributed by atoms with Gasteiger partial charge in [0.2, 0.25) is 0 Å². The molecule has 0 radical (unpaired) electrons. The lowest BCUT2D eigenvalue weighted by Crippen LogP contribution is -2.54. The topological polar surface area (TPSA) is 80.0 Å². The number of aliphatic imine (C=N–C) groups is 1. The normalized spacial score (nSPS) is 16.2. The van der Waals surface area contributed by atoms with Crippen molar-refractivity contribution in [1.82, 2.24) is 4.90 Å². The van der Waals surface area contributed by atoms with E-state index < -0.39 is 5.60 Å². The van der Waals surface area contributed by atoms with Gasteiger partial charge in [-0.2, -0.15) is 0 Å². The first-order valence-electron chi connectivity index (χ1n) is 7.38. The molecular formula is C16H24N4O2. The van der Waals surface area contributed by atoms with Gasteiger partial charge in [0.25, 0.3) is 0 Å². The van der Waals surface area contributed by atoms with E-state index in [1.807, 2.05) is 52.0 Å². The predicted octanol–water partition coefficient (Wildman–Crippen LogP) is 2.34. The van der Waals surface area contributed by atoms with Gasteiger partial charge in [0.05, 0.1) is 6.04 Å². The maximum absolute atomic E-state index is 11.8. The summed E-state index contributed by atoms with van der Waals surface area (Å²) in [6, 6.07) is 7.93. The molecule has 1 fully saturated rings. The molecule has 1 amide bonds. The van der Waals surface area contributed by atoms with Crippen molar-refractivity contribution in [3.05, 3.63) is 29.8 Å². The van der Waals surface area contributed by atoms with Crippen molar-refractivity contribution < 1.29 is 9.53 Å². The highest BCUT2D eigenvalue weighted by Gasteiger charge is 2.33. The van der Waals surface area contributed by atoms with Crippen molar-refractivity contribution in [2.24, 2.45) is 10.7 Å². The van der Waals surface area contributed by atoms with Crippen LogP contribution in [-0.4, -0.2) is 41.7 Å². The lowest BCUT2D eigenvalue weighted by Gasteiger charge is -2.37. The number of rotatable bonds is 2. The SMILES string of the molecule is Cc1ccc(NC(N)=NC2CN(C(=O)OC(C)(C)C)C2)cc1. The molecule has 120 valence electrons. The molecule has 1 saturated heterocycles. The van der Waals surface area contributed by atoms with Gasteiger partial charge in [-0.3, -0.25) is 0 Å². The van der Waals surface area contributed by atoms with Crippen molar-refractivity contribution in [1.29, 1.82) is 0 Å². The van der Waals surface area contributed by atoms with Gasteiger partial charge in [0.15, 0.2) is 5.96 Å². The van der Waals surface area contributed by atoms with E-state index in [9.17, 15) is 4.79 Å². The molecule has 0 spiro atoms. The highest BCUT2D eigenvalue weighted by Crippen LogP contribution is 2.17. The van der Waals surface area contributed by atoms with Crippen LogP contribution in [0.4, 0.5) is 10.5 Å². The molecule has 0 aliphatic carbocycles. The molecule has 2 rings (SSSR count). The number of carbonyl (C=O) groups is 1. The first-order valence-corrected chi connectivity index (χ1v) is 7.38. The van der Waals surface area contributed by atoms with Crippen LogP contribution in [0.2, 0.25) is 0 Å². The smallest absolute Gasteiger partial charge is 0.410 e. The average molecular weight is 304 g/mol. The summed E-state index contributed by atoms with van der Waals surface area (Å²) < 4.78 is 5.29. The summed E-state index contributed by atoms with van der Waals surface area (Å²) >= 11 is 0. The second-order valence-electron chi connectivity index (χ2n) is 6.54. The van der Waals surface area contributed by atoms with Crippen LogP contribution in [0.1, 0.15) is 26.3 Å². The van der Waals surface area contributed by atoms with Crippen LogP contribution >= 0.6 is 0 Å². The maximum atomic E-state index is 11.8. The van der Waals surface area contributed by atoms with Gasteiger partial charge in [-0.1, -0.05) is 17.7 Å². The molecule has 3 N–H and O–H groups in total. The first-order chi connectivity index (χ1) is 10.2. The molecule has 0 atom stereocenters. The van der Waals surface area contributed by atoms with Crippen LogP contribution < -0.4 is 11.1 Å². The number of aryl methyl sites for hydroxylation is 1. The third-order valence-electron chi connectivity index (χ3n) is 3.16. The molecule has 1 aliphatic heterocycles. The number of nitrogens with zero attached hydrogens (tertiary/aromatic N) is 2. The Bertz CT molecular complexity index is 555. The van der Waals surface area contributed by atoms with Crippen molar-refractivity contribution in [2.45, 2.75) is 39.3 Å². The maximum Gasteiger partial charge on any atom is 0.410 e. The number of likely N-dealkylation sites (tertiary alicyclic amines) is 1. The van der Waals surface area contributed by atoms with Crippen molar-refractivity contribution >= 4 is 17.7 Å². The number of benzene rings is 1. The Morgan fingerprint density at radius 1 is 1.32 bits per heavy atom. The summed E-state index contributed by atoms with van der Waals surface area (Å²) in [6.07, 6.45) is -0.302. The van der Waals surface area contributed by atoms with Gasteiger partial charge >= 0.3 is 6.09 Å². The highest BCUT2D eigenvalue weighted by atomic mass is 16.6. The Labute approximate surface area is 131 Å². The van der Waals surface area contributed by atoms with Crippen LogP contribution in [0.15, 0.2) is 29.3 Å². The summed E-state index contributed by atoms with van der Waals surface area (Å²) in [5.74, 6) is 0.359. The van der Waals surface area contributed by atoms with Crippen LogP contribution in [0.25, 0.3) is 0 Å². The number of carbonyl (C=O) groups excluding carboxylic acids is 1. The summed E-state index contributed by atoms with van der Waals surface area (Å²) in [4.78, 5) is 17.8. The van der Waals surface area contributed by atoms with Gasteiger partial charge in [-0.25, -0.2) is 9.79 Å². The summed E-state index contributed by atoms with van der Waals surface area (Å²) in [7, 11) is 0. The van der Waals surface area contributed by atoms with E-state index in [1.54, 1.807) is 4.90 Å². The second kappa shape index (κ2) is 6.25. The van der Waals surface area contributed by atoms with E-state index in [0.29, 0.717) is 19.0 Å². The molecule has 6 heteroatoms. The molecule has 1 aromatic rings. The van der Waals surface area contributed by atoms with E-state index in [4.69, 9.17) is 10.5 Å². The quantitative estimate of drug-likeness (QED) is 0.649. The van der Waals surface area contributed by atoms with Gasteiger partial charge < -0.3 is 20.7 Å². The minimum Gasteiger partial charge on any atom is -0.444 e. The lowest BCUT2D eigenvalue weighted by atomic mass is 10.1. The third-order valence-corrected chi connectivity index (χ3v) is 3.16. The number of anilines is 1. The van der Waals surface area contributed by atoms with Gasteiger partial charge in [0.1, 0.15) is 5.60 Å². The van der Waals surface area contributed by atoms with E-state index in [-0.39, 0.29) is 12.1 Å². The molecule has 0 saturated carbocycles. The lowest BCUT2D eigenvalue weighted by molar-refractivity contribution is 0.00905. The number of guanidine groups is 1. The summed E-state index contributed by atoms with van der Waals surface area (Å²) in [5, 5.41) is 3.04. The Morgan fingerprint density at radius 2 is 1.91 bits per heavy atom. The van der Waals surface area contributed by atoms with Crippen LogP contribution in [0.5, 0.6) is 0 Å². The molecule has 1 heterocycles. The Hall–Kier alpha value is -2.24. The first kappa shape index (κ1) is 16.1. The third kappa shape index (κ3) is 4.65. The zero-order valence-corrected chi connectivity index (χ0v) is 13.6. The van der Waals surface area contributed by atoms with E-state index in [2.05, 4.69) is 10.3 Å². The number of hydrogen-bond acceptors (Lipinski definition) is 3. The van der Waals surface area contributed by atoms with Gasteiger partial charge in [-0.15, -0.1) is 0 Å². The monoisotopic (exact) mass is 304 g/mol. The minimum atomic E-state index is -0.475. The molecule has 0 bridgehead atoms. The zero-order chi connectivity index (χ0) is 16.3. The molecule has 0 unspecified atom stereocenters. The molecule has 1 aromatic carbocycles. The predicted molar refractivity (Wildman–Crippen MR) is 88.0 cm³/mol. The van der Waals surface area contributed by atoms with E-state index in [1.165, 1.54) is 5.56 Å². The molecule has 1 aliphatic rings. The van der Waals surface area contributed by atoms with Gasteiger partial charge in [0, 0.05) is 18.8 Å². The van der Waals surface area contributed by atoms with Crippen LogP contribution in [0, 0.1) is 6.92 Å². The Balaban J connectivity index is 1.80.